The zero-order valence-corrected chi connectivity index (χ0v) is 20.6. The molecule has 0 aromatic rings. The molecule has 0 bridgehead atoms. The Morgan fingerprint density at radius 3 is 1.23 bits per heavy atom. The molecule has 0 aliphatic carbocycles. The zero-order valence-electron chi connectivity index (χ0n) is 18.4. The van der Waals surface area contributed by atoms with Gasteiger partial charge in [0.05, 0.1) is 0 Å². The highest BCUT2D eigenvalue weighted by Crippen LogP contribution is 2.63. The fourth-order valence-corrected chi connectivity index (χ4v) is 3.97. The Morgan fingerprint density at radius 1 is 0.486 bits per heavy atom. The van der Waals surface area contributed by atoms with Crippen LogP contribution in [0.15, 0.2) is 0 Å². The van der Waals surface area contributed by atoms with Gasteiger partial charge in [0.15, 0.2) is 0 Å². The predicted molar refractivity (Wildman–Crippen MR) is 105 cm³/mol. The van der Waals surface area contributed by atoms with E-state index in [2.05, 4.69) is 0 Å². The third kappa shape index (κ3) is 6.96. The summed E-state index contributed by atoms with van der Waals surface area (Å²) >= 11 is 1.14. The molecule has 0 rings (SSSR count). The van der Waals surface area contributed by atoms with Crippen molar-refractivity contribution in [2.24, 2.45) is 0 Å². The molecule has 0 aromatic carbocycles. The first-order chi connectivity index (χ1) is 15.3. The van der Waals surface area contributed by atoms with Crippen molar-refractivity contribution < 1.29 is 65.9 Å². The molecule has 1 atom stereocenters. The third-order valence-corrected chi connectivity index (χ3v) is 6.21. The molecule has 0 aromatic heterocycles. The lowest BCUT2D eigenvalue weighted by Gasteiger charge is -2.42. The summed E-state index contributed by atoms with van der Waals surface area (Å²) in [4.78, 5) is 0. The number of rotatable bonds is 15. The molecule has 0 spiro atoms. The first kappa shape index (κ1) is 34.7. The maximum atomic E-state index is 14.1. The molecule has 0 fully saturated rings. The van der Waals surface area contributed by atoms with Gasteiger partial charge in [0.25, 0.3) is 0 Å². The number of hydrogen-bond acceptors (Lipinski definition) is 0. The highest BCUT2D eigenvalue weighted by Gasteiger charge is 2.93. The van der Waals surface area contributed by atoms with Gasteiger partial charge in [0.1, 0.15) is 0 Å². The number of halogens is 16. The maximum absolute atomic E-state index is 14.1. The smallest absolute Gasteiger partial charge is 0.200 e. The lowest BCUT2D eigenvalue weighted by atomic mass is 9.86. The van der Waals surface area contributed by atoms with Gasteiger partial charge in [-0.25, -0.2) is 0 Å². The van der Waals surface area contributed by atoms with E-state index in [9.17, 15) is 65.9 Å². The van der Waals surface area contributed by atoms with Crippen LogP contribution in [-0.4, -0.2) is 45.1 Å². The second-order valence-corrected chi connectivity index (χ2v) is 11.1. The largest absolute Gasteiger partial charge is 0.460 e. The number of unbranched alkanes of at least 4 members (excludes halogenated alkanes) is 6. The van der Waals surface area contributed by atoms with Crippen LogP contribution in [-0.2, 0) is 0 Å². The van der Waals surface area contributed by atoms with Crippen molar-refractivity contribution in [2.75, 3.05) is 0 Å². The molecule has 0 radical (unpaired) electrons. The average molecular weight is 664 g/mol. The Balaban J connectivity index is 5.78. The Bertz CT molecular complexity index is 668. The summed E-state index contributed by atoms with van der Waals surface area (Å²) in [5.74, 6) is -46.0. The highest BCUT2D eigenvalue weighted by atomic mass is 127. The van der Waals surface area contributed by atoms with Crippen LogP contribution in [0.2, 0.25) is 0 Å². The van der Waals surface area contributed by atoms with Gasteiger partial charge in [-0.15, -0.1) is 0 Å². The Labute approximate surface area is 205 Å². The van der Waals surface area contributed by atoms with Crippen LogP contribution in [0.25, 0.3) is 0 Å². The van der Waals surface area contributed by atoms with E-state index >= 15 is 0 Å². The van der Waals surface area contributed by atoms with Crippen molar-refractivity contribution >= 4 is 22.6 Å². The lowest BCUT2D eigenvalue weighted by molar-refractivity contribution is -0.452. The van der Waals surface area contributed by atoms with Gasteiger partial charge >= 0.3 is 41.7 Å². The molecular formula is C19H24F15I. The van der Waals surface area contributed by atoms with Crippen LogP contribution in [0.3, 0.4) is 0 Å². The summed E-state index contributed by atoms with van der Waals surface area (Å²) in [6, 6.07) is 0. The molecule has 0 saturated carbocycles. The second-order valence-electron chi connectivity index (χ2n) is 8.54. The van der Waals surface area contributed by atoms with Gasteiger partial charge in [0, 0.05) is 9.84 Å². The van der Waals surface area contributed by atoms with Crippen molar-refractivity contribution in [2.45, 2.75) is 117 Å². The Hall–Kier alpha value is -0.320. The summed E-state index contributed by atoms with van der Waals surface area (Å²) in [5, 5.41) is 0. The van der Waals surface area contributed by atoms with Gasteiger partial charge in [-0.2, -0.15) is 65.9 Å². The summed E-state index contributed by atoms with van der Waals surface area (Å²) < 4.78 is 197. The topological polar surface area (TPSA) is 0 Å². The molecule has 0 saturated heterocycles. The normalized spacial score (nSPS) is 17.0. The van der Waals surface area contributed by atoms with E-state index in [1.165, 1.54) is 0 Å². The fraction of sp³-hybridized carbons (Fsp3) is 1.00. The number of alkyl halides is 16. The van der Waals surface area contributed by atoms with E-state index in [4.69, 9.17) is 0 Å². The van der Waals surface area contributed by atoms with Gasteiger partial charge in [-0.05, 0) is 6.42 Å². The molecule has 0 aliphatic heterocycles. The van der Waals surface area contributed by atoms with Crippen molar-refractivity contribution in [3.8, 4) is 0 Å². The summed E-state index contributed by atoms with van der Waals surface area (Å²) in [5.41, 5.74) is 0. The molecule has 0 N–H and O–H groups in total. The average Bonchev–Trinajstić information content (AvgIpc) is 2.64. The fourth-order valence-electron chi connectivity index (χ4n) is 3.11. The SMILES string of the molecule is CCCCCCCCCC(C)(I)CC(F)(F)C(F)(F)C(F)(F)C(F)(F)C(F)(F)C(F)(F)C(F)(F)F. The maximum Gasteiger partial charge on any atom is 0.460 e. The van der Waals surface area contributed by atoms with E-state index in [1.54, 1.807) is 0 Å². The Kier molecular flexibility index (Phi) is 11.1. The lowest BCUT2D eigenvalue weighted by Crippen LogP contribution is -2.72. The molecule has 0 nitrogen and oxygen atoms in total. The first-order valence-corrected chi connectivity index (χ1v) is 11.4. The van der Waals surface area contributed by atoms with Crippen molar-refractivity contribution in [3.05, 3.63) is 0 Å². The van der Waals surface area contributed by atoms with E-state index in [0.29, 0.717) is 12.8 Å². The van der Waals surface area contributed by atoms with E-state index < -0.39 is 51.6 Å². The van der Waals surface area contributed by atoms with E-state index in [1.807, 2.05) is 6.92 Å². The van der Waals surface area contributed by atoms with Crippen LogP contribution >= 0.6 is 22.6 Å². The van der Waals surface area contributed by atoms with E-state index in [0.717, 1.165) is 55.2 Å². The predicted octanol–water partition coefficient (Wildman–Crippen LogP) is 10.1. The first-order valence-electron chi connectivity index (χ1n) is 10.3. The summed E-state index contributed by atoms with van der Waals surface area (Å²) in [6.45, 7) is 2.80. The quantitative estimate of drug-likeness (QED) is 0.0708. The van der Waals surface area contributed by atoms with Crippen LogP contribution in [0.5, 0.6) is 0 Å². The van der Waals surface area contributed by atoms with Gasteiger partial charge in [0.2, 0.25) is 0 Å². The van der Waals surface area contributed by atoms with Gasteiger partial charge in [-0.3, -0.25) is 0 Å². The standard InChI is InChI=1S/C19H24F15I/c1-3-4-5-6-7-8-9-10-12(2,35)11-13(20,21)14(22,23)15(24,25)16(26,27)17(28,29)18(30,31)19(32,33)34/h3-11H2,1-2H3. The Morgan fingerprint density at radius 2 is 0.829 bits per heavy atom. The van der Waals surface area contributed by atoms with E-state index in [-0.39, 0.29) is 12.8 Å². The van der Waals surface area contributed by atoms with Crippen molar-refractivity contribution in [3.63, 3.8) is 0 Å². The summed E-state index contributed by atoms with van der Waals surface area (Å²) in [7, 11) is 0. The van der Waals surface area contributed by atoms with Gasteiger partial charge < -0.3 is 0 Å². The zero-order chi connectivity index (χ0) is 28.4. The van der Waals surface area contributed by atoms with Crippen LogP contribution in [0.4, 0.5) is 65.9 Å². The molecule has 0 amide bonds. The molecule has 0 heterocycles. The second kappa shape index (κ2) is 11.2. The molecule has 1 unspecified atom stereocenters. The molecule has 212 valence electrons. The molecular weight excluding hydrogens is 640 g/mol. The molecule has 16 heteroatoms. The minimum Gasteiger partial charge on any atom is -0.200 e. The summed E-state index contributed by atoms with van der Waals surface area (Å²) in [6.07, 6.45) is -5.56. The molecule has 35 heavy (non-hydrogen) atoms. The molecule has 0 aliphatic rings. The third-order valence-electron chi connectivity index (χ3n) is 5.28. The van der Waals surface area contributed by atoms with Crippen LogP contribution < -0.4 is 0 Å². The van der Waals surface area contributed by atoms with Crippen LogP contribution in [0.1, 0.15) is 71.6 Å². The van der Waals surface area contributed by atoms with Crippen molar-refractivity contribution in [1.82, 2.24) is 0 Å². The van der Waals surface area contributed by atoms with Gasteiger partial charge in [-0.1, -0.05) is 81.4 Å². The highest BCUT2D eigenvalue weighted by molar-refractivity contribution is 14.1. The number of hydrogen-bond donors (Lipinski definition) is 0. The van der Waals surface area contributed by atoms with Crippen molar-refractivity contribution in [1.29, 1.82) is 0 Å². The minimum absolute atomic E-state index is 0.121. The van der Waals surface area contributed by atoms with Crippen LogP contribution in [0, 0.1) is 0 Å². The monoisotopic (exact) mass is 664 g/mol. The minimum atomic E-state index is -8.23.